The molecule has 0 saturated heterocycles. The second kappa shape index (κ2) is 5.61. The predicted molar refractivity (Wildman–Crippen MR) is 55.8 cm³/mol. The van der Waals surface area contributed by atoms with Crippen molar-refractivity contribution in [2.75, 3.05) is 19.7 Å². The Balaban J connectivity index is 2.27. The van der Waals surface area contributed by atoms with Crippen molar-refractivity contribution in [3.63, 3.8) is 0 Å². The largest absolute Gasteiger partial charge is 0.395 e. The monoisotopic (exact) mass is 185 g/mol. The summed E-state index contributed by atoms with van der Waals surface area (Å²) >= 11 is 0. The lowest BCUT2D eigenvalue weighted by atomic mass is 10.1. The van der Waals surface area contributed by atoms with Crippen LogP contribution < -0.4 is 0 Å². The summed E-state index contributed by atoms with van der Waals surface area (Å²) in [5.41, 5.74) is 0. The van der Waals surface area contributed by atoms with Crippen molar-refractivity contribution >= 4 is 0 Å². The van der Waals surface area contributed by atoms with Gasteiger partial charge < -0.3 is 5.11 Å². The lowest BCUT2D eigenvalue weighted by molar-refractivity contribution is 0.146. The normalized spacial score (nSPS) is 19.2. The van der Waals surface area contributed by atoms with Crippen LogP contribution in [0.15, 0.2) is 0 Å². The molecule has 0 aromatic heterocycles. The molecule has 0 atom stereocenters. The fraction of sp³-hybridized carbons (Fsp3) is 1.00. The minimum atomic E-state index is 0.297. The van der Waals surface area contributed by atoms with Gasteiger partial charge in [-0.25, -0.2) is 0 Å². The molecule has 1 fully saturated rings. The summed E-state index contributed by atoms with van der Waals surface area (Å²) in [5.74, 6) is 0.897. The van der Waals surface area contributed by atoms with E-state index < -0.39 is 0 Å². The van der Waals surface area contributed by atoms with E-state index in [1.165, 1.54) is 32.2 Å². The third-order valence-electron chi connectivity index (χ3n) is 3.08. The van der Waals surface area contributed by atoms with Crippen molar-refractivity contribution in [1.82, 2.24) is 4.90 Å². The van der Waals surface area contributed by atoms with Gasteiger partial charge in [-0.2, -0.15) is 0 Å². The molecular weight excluding hydrogens is 162 g/mol. The Labute approximate surface area is 81.9 Å². The molecule has 2 nitrogen and oxygen atoms in total. The van der Waals surface area contributed by atoms with Crippen LogP contribution in [-0.2, 0) is 0 Å². The van der Waals surface area contributed by atoms with Crippen LogP contribution in [0, 0.1) is 5.92 Å². The lowest BCUT2D eigenvalue weighted by Gasteiger charge is -2.28. The molecule has 0 spiro atoms. The molecule has 0 aromatic rings. The Morgan fingerprint density at radius 2 is 1.92 bits per heavy atom. The van der Waals surface area contributed by atoms with Crippen molar-refractivity contribution in [3.05, 3.63) is 0 Å². The van der Waals surface area contributed by atoms with Gasteiger partial charge in [0.1, 0.15) is 0 Å². The van der Waals surface area contributed by atoms with E-state index >= 15 is 0 Å². The van der Waals surface area contributed by atoms with Crippen LogP contribution in [-0.4, -0.2) is 35.7 Å². The third kappa shape index (κ3) is 3.65. The molecule has 0 bridgehead atoms. The minimum absolute atomic E-state index is 0.297. The van der Waals surface area contributed by atoms with Crippen molar-refractivity contribution in [1.29, 1.82) is 0 Å². The Hall–Kier alpha value is -0.0800. The minimum Gasteiger partial charge on any atom is -0.395 e. The molecule has 1 aliphatic rings. The van der Waals surface area contributed by atoms with E-state index in [0.29, 0.717) is 12.6 Å². The number of hydrogen-bond donors (Lipinski definition) is 1. The first-order valence-corrected chi connectivity index (χ1v) is 5.59. The summed E-state index contributed by atoms with van der Waals surface area (Å²) in [6.45, 7) is 6.76. The van der Waals surface area contributed by atoms with Gasteiger partial charge in [-0.1, -0.05) is 12.8 Å². The maximum absolute atomic E-state index is 8.92. The highest BCUT2D eigenvalue weighted by Crippen LogP contribution is 2.25. The van der Waals surface area contributed by atoms with Crippen molar-refractivity contribution < 1.29 is 5.11 Å². The highest BCUT2D eigenvalue weighted by Gasteiger charge is 2.19. The van der Waals surface area contributed by atoms with Gasteiger partial charge in [0, 0.05) is 19.1 Å². The molecule has 0 unspecified atom stereocenters. The topological polar surface area (TPSA) is 23.5 Å². The van der Waals surface area contributed by atoms with Gasteiger partial charge in [0.2, 0.25) is 0 Å². The van der Waals surface area contributed by atoms with Crippen LogP contribution in [0.25, 0.3) is 0 Å². The number of aliphatic hydroxyl groups is 1. The van der Waals surface area contributed by atoms with Crippen LogP contribution in [0.1, 0.15) is 39.5 Å². The van der Waals surface area contributed by atoms with Crippen LogP contribution >= 0.6 is 0 Å². The molecule has 0 aromatic carbocycles. The Morgan fingerprint density at radius 3 is 2.38 bits per heavy atom. The average molecular weight is 185 g/mol. The second-order valence-electron chi connectivity index (χ2n) is 4.46. The zero-order chi connectivity index (χ0) is 9.68. The standard InChI is InChI=1S/C11H23NO/c1-10(2)12(7-8-13)9-11-5-3-4-6-11/h10-11,13H,3-9H2,1-2H3. The smallest absolute Gasteiger partial charge is 0.0558 e. The fourth-order valence-electron chi connectivity index (χ4n) is 2.21. The van der Waals surface area contributed by atoms with E-state index in [1.54, 1.807) is 0 Å². The Kier molecular flexibility index (Phi) is 4.74. The summed E-state index contributed by atoms with van der Waals surface area (Å²) in [5, 5.41) is 8.92. The third-order valence-corrected chi connectivity index (χ3v) is 3.08. The summed E-state index contributed by atoms with van der Waals surface area (Å²) in [7, 11) is 0. The van der Waals surface area contributed by atoms with Crippen molar-refractivity contribution in [2.45, 2.75) is 45.6 Å². The highest BCUT2D eigenvalue weighted by atomic mass is 16.3. The maximum Gasteiger partial charge on any atom is 0.0558 e. The van der Waals surface area contributed by atoms with E-state index in [4.69, 9.17) is 5.11 Å². The Bertz CT molecular complexity index is 130. The molecule has 0 heterocycles. The van der Waals surface area contributed by atoms with E-state index in [1.807, 2.05) is 0 Å². The molecular formula is C11H23NO. The zero-order valence-electron chi connectivity index (χ0n) is 9.00. The first-order chi connectivity index (χ1) is 6.24. The molecule has 0 aliphatic heterocycles. The molecule has 1 saturated carbocycles. The fourth-order valence-corrected chi connectivity index (χ4v) is 2.21. The molecule has 0 amide bonds. The molecule has 1 rings (SSSR count). The van der Waals surface area contributed by atoms with Crippen LogP contribution in [0.4, 0.5) is 0 Å². The maximum atomic E-state index is 8.92. The van der Waals surface area contributed by atoms with E-state index in [2.05, 4.69) is 18.7 Å². The van der Waals surface area contributed by atoms with E-state index in [-0.39, 0.29) is 0 Å². The first-order valence-electron chi connectivity index (χ1n) is 5.59. The molecule has 2 heteroatoms. The number of nitrogens with zero attached hydrogens (tertiary/aromatic N) is 1. The second-order valence-corrected chi connectivity index (χ2v) is 4.46. The highest BCUT2D eigenvalue weighted by molar-refractivity contribution is 4.73. The van der Waals surface area contributed by atoms with Crippen LogP contribution in [0.3, 0.4) is 0 Å². The first kappa shape index (κ1) is 11.0. The number of rotatable bonds is 5. The quantitative estimate of drug-likeness (QED) is 0.707. The molecule has 1 aliphatic carbocycles. The Morgan fingerprint density at radius 1 is 1.31 bits per heavy atom. The summed E-state index contributed by atoms with van der Waals surface area (Å²) in [4.78, 5) is 2.40. The van der Waals surface area contributed by atoms with Gasteiger partial charge in [-0.05, 0) is 32.6 Å². The van der Waals surface area contributed by atoms with Crippen LogP contribution in [0.5, 0.6) is 0 Å². The number of hydrogen-bond acceptors (Lipinski definition) is 2. The SMILES string of the molecule is CC(C)N(CCO)CC1CCCC1. The summed E-state index contributed by atoms with van der Waals surface area (Å²) in [6, 6.07) is 0.577. The summed E-state index contributed by atoms with van der Waals surface area (Å²) in [6.07, 6.45) is 5.62. The summed E-state index contributed by atoms with van der Waals surface area (Å²) < 4.78 is 0. The molecule has 13 heavy (non-hydrogen) atoms. The van der Waals surface area contributed by atoms with Gasteiger partial charge >= 0.3 is 0 Å². The van der Waals surface area contributed by atoms with Crippen LogP contribution in [0.2, 0.25) is 0 Å². The van der Waals surface area contributed by atoms with Gasteiger partial charge in [-0.3, -0.25) is 4.90 Å². The molecule has 0 radical (unpaired) electrons. The zero-order valence-corrected chi connectivity index (χ0v) is 9.00. The van der Waals surface area contributed by atoms with Gasteiger partial charge in [0.05, 0.1) is 6.61 Å². The van der Waals surface area contributed by atoms with Crippen molar-refractivity contribution in [3.8, 4) is 0 Å². The predicted octanol–water partition coefficient (Wildman–Crippen LogP) is 1.88. The molecule has 1 N–H and O–H groups in total. The average Bonchev–Trinajstić information content (AvgIpc) is 2.56. The van der Waals surface area contributed by atoms with E-state index in [0.717, 1.165) is 12.5 Å². The van der Waals surface area contributed by atoms with Gasteiger partial charge in [0.25, 0.3) is 0 Å². The van der Waals surface area contributed by atoms with Gasteiger partial charge in [-0.15, -0.1) is 0 Å². The molecule has 78 valence electrons. The number of aliphatic hydroxyl groups excluding tert-OH is 1. The van der Waals surface area contributed by atoms with Gasteiger partial charge in [0.15, 0.2) is 0 Å². The van der Waals surface area contributed by atoms with E-state index in [9.17, 15) is 0 Å². The lowest BCUT2D eigenvalue weighted by Crippen LogP contribution is -2.36. The van der Waals surface area contributed by atoms with Crippen molar-refractivity contribution in [2.24, 2.45) is 5.92 Å².